The first-order chi connectivity index (χ1) is 9.24. The Hall–Kier alpha value is -1.99. The number of rotatable bonds is 2. The Labute approximate surface area is 110 Å². The molecule has 0 radical (unpaired) electrons. The minimum absolute atomic E-state index is 0.153. The molecular weight excluding hydrogens is 246 g/mol. The van der Waals surface area contributed by atoms with Crippen molar-refractivity contribution in [3.8, 4) is 11.5 Å². The molecular formula is C12H15N5O2. The Morgan fingerprint density at radius 3 is 3.16 bits per heavy atom. The summed E-state index contributed by atoms with van der Waals surface area (Å²) in [5.41, 5.74) is 7.04. The molecule has 1 unspecified atom stereocenters. The monoisotopic (exact) mass is 261 g/mol. The van der Waals surface area contributed by atoms with Gasteiger partial charge in [-0.1, -0.05) is 5.16 Å². The Morgan fingerprint density at radius 2 is 2.37 bits per heavy atom. The number of hydrogen-bond donors (Lipinski definition) is 1. The average molecular weight is 261 g/mol. The van der Waals surface area contributed by atoms with Gasteiger partial charge < -0.3 is 19.9 Å². The van der Waals surface area contributed by atoms with Crippen molar-refractivity contribution in [1.29, 1.82) is 0 Å². The van der Waals surface area contributed by atoms with E-state index >= 15 is 0 Å². The van der Waals surface area contributed by atoms with Crippen LogP contribution in [0.25, 0.3) is 11.5 Å². The number of nitrogens with zero attached hydrogens (tertiary/aromatic N) is 4. The van der Waals surface area contributed by atoms with E-state index in [0.29, 0.717) is 29.6 Å². The molecule has 1 fully saturated rings. The van der Waals surface area contributed by atoms with E-state index in [2.05, 4.69) is 20.0 Å². The van der Waals surface area contributed by atoms with Gasteiger partial charge >= 0.3 is 0 Å². The molecule has 1 aliphatic rings. The third-order valence-corrected chi connectivity index (χ3v) is 3.08. The number of hydrogen-bond acceptors (Lipinski definition) is 7. The normalized spacial score (nSPS) is 20.6. The summed E-state index contributed by atoms with van der Waals surface area (Å²) >= 11 is 0. The molecule has 0 spiro atoms. The van der Waals surface area contributed by atoms with Crippen LogP contribution in [0.2, 0.25) is 0 Å². The minimum Gasteiger partial charge on any atom is -0.397 e. The Balaban J connectivity index is 1.85. The molecule has 0 aromatic carbocycles. The molecule has 1 saturated heterocycles. The van der Waals surface area contributed by atoms with Crippen molar-refractivity contribution in [2.24, 2.45) is 0 Å². The SMILES string of the molecule is CN1CCOC(c2noc(-c3ccncc3N)n2)C1. The molecule has 100 valence electrons. The van der Waals surface area contributed by atoms with Crippen LogP contribution in [0.3, 0.4) is 0 Å². The standard InChI is InChI=1S/C12H15N5O2/c1-17-4-5-18-10(7-17)11-15-12(19-16-11)8-2-3-14-6-9(8)13/h2-3,6,10H,4-5,7,13H2,1H3. The van der Waals surface area contributed by atoms with E-state index in [1.165, 1.54) is 0 Å². The quantitative estimate of drug-likeness (QED) is 0.851. The molecule has 3 rings (SSSR count). The van der Waals surface area contributed by atoms with E-state index in [0.717, 1.165) is 13.1 Å². The van der Waals surface area contributed by atoms with Gasteiger partial charge in [-0.15, -0.1) is 0 Å². The van der Waals surface area contributed by atoms with E-state index in [9.17, 15) is 0 Å². The Morgan fingerprint density at radius 1 is 1.47 bits per heavy atom. The number of likely N-dealkylation sites (N-methyl/N-ethyl adjacent to an activating group) is 1. The molecule has 7 nitrogen and oxygen atoms in total. The highest BCUT2D eigenvalue weighted by molar-refractivity contribution is 5.68. The Bertz CT molecular complexity index is 571. The Kier molecular flexibility index (Phi) is 3.14. The molecule has 7 heteroatoms. The van der Waals surface area contributed by atoms with Crippen molar-refractivity contribution in [3.63, 3.8) is 0 Å². The average Bonchev–Trinajstić information content (AvgIpc) is 2.89. The third-order valence-electron chi connectivity index (χ3n) is 3.08. The summed E-state index contributed by atoms with van der Waals surface area (Å²) in [5, 5.41) is 3.98. The summed E-state index contributed by atoms with van der Waals surface area (Å²) in [5.74, 6) is 0.949. The maximum Gasteiger partial charge on any atom is 0.260 e. The second-order valence-corrected chi connectivity index (χ2v) is 4.54. The van der Waals surface area contributed by atoms with Crippen molar-refractivity contribution in [2.45, 2.75) is 6.10 Å². The smallest absolute Gasteiger partial charge is 0.260 e. The summed E-state index contributed by atoms with van der Waals surface area (Å²) in [4.78, 5) is 10.5. The van der Waals surface area contributed by atoms with Gasteiger partial charge in [-0.25, -0.2) is 0 Å². The predicted octanol–water partition coefficient (Wildman–Crippen LogP) is 0.717. The van der Waals surface area contributed by atoms with Crippen molar-refractivity contribution in [3.05, 3.63) is 24.3 Å². The fourth-order valence-corrected chi connectivity index (χ4v) is 2.01. The van der Waals surface area contributed by atoms with Gasteiger partial charge in [-0.3, -0.25) is 4.98 Å². The molecule has 0 bridgehead atoms. The lowest BCUT2D eigenvalue weighted by Crippen LogP contribution is -2.35. The molecule has 0 saturated carbocycles. The predicted molar refractivity (Wildman–Crippen MR) is 68.1 cm³/mol. The van der Waals surface area contributed by atoms with Gasteiger partial charge in [0.25, 0.3) is 5.89 Å². The van der Waals surface area contributed by atoms with Gasteiger partial charge in [-0.05, 0) is 13.1 Å². The third kappa shape index (κ3) is 2.42. The zero-order valence-electron chi connectivity index (χ0n) is 10.6. The molecule has 2 aromatic heterocycles. The van der Waals surface area contributed by atoms with Crippen LogP contribution >= 0.6 is 0 Å². The second-order valence-electron chi connectivity index (χ2n) is 4.54. The van der Waals surface area contributed by atoms with Crippen LogP contribution in [-0.2, 0) is 4.74 Å². The van der Waals surface area contributed by atoms with E-state index in [1.807, 2.05) is 7.05 Å². The van der Waals surface area contributed by atoms with Crippen molar-refractivity contribution in [2.75, 3.05) is 32.5 Å². The van der Waals surface area contributed by atoms with Crippen molar-refractivity contribution < 1.29 is 9.26 Å². The molecule has 0 amide bonds. The first kappa shape index (κ1) is 12.1. The van der Waals surface area contributed by atoms with Crippen molar-refractivity contribution >= 4 is 5.69 Å². The van der Waals surface area contributed by atoms with Gasteiger partial charge in [0.05, 0.1) is 24.1 Å². The van der Waals surface area contributed by atoms with Crippen LogP contribution in [-0.4, -0.2) is 46.8 Å². The fraction of sp³-hybridized carbons (Fsp3) is 0.417. The minimum atomic E-state index is -0.153. The van der Waals surface area contributed by atoms with Crippen molar-refractivity contribution in [1.82, 2.24) is 20.0 Å². The molecule has 2 aromatic rings. The van der Waals surface area contributed by atoms with Crippen LogP contribution in [0.1, 0.15) is 11.9 Å². The maximum atomic E-state index is 5.83. The highest BCUT2D eigenvalue weighted by atomic mass is 16.5. The molecule has 2 N–H and O–H groups in total. The molecule has 1 aliphatic heterocycles. The van der Waals surface area contributed by atoms with Gasteiger partial charge in [0.1, 0.15) is 6.10 Å². The highest BCUT2D eigenvalue weighted by Gasteiger charge is 2.25. The summed E-state index contributed by atoms with van der Waals surface area (Å²) in [6, 6.07) is 1.75. The van der Waals surface area contributed by atoms with Gasteiger partial charge in [0, 0.05) is 19.3 Å². The van der Waals surface area contributed by atoms with Gasteiger partial charge in [0.2, 0.25) is 5.82 Å². The van der Waals surface area contributed by atoms with E-state index in [-0.39, 0.29) is 6.10 Å². The van der Waals surface area contributed by atoms with Gasteiger partial charge in [0.15, 0.2) is 0 Å². The number of pyridine rings is 1. The van der Waals surface area contributed by atoms with E-state index < -0.39 is 0 Å². The van der Waals surface area contributed by atoms with Crippen LogP contribution in [0.5, 0.6) is 0 Å². The summed E-state index contributed by atoms with van der Waals surface area (Å²) in [6.07, 6.45) is 3.05. The number of nitrogens with two attached hydrogens (primary N) is 1. The molecule has 1 atom stereocenters. The largest absolute Gasteiger partial charge is 0.397 e. The van der Waals surface area contributed by atoms with Crippen LogP contribution in [0.15, 0.2) is 23.0 Å². The van der Waals surface area contributed by atoms with Gasteiger partial charge in [-0.2, -0.15) is 4.98 Å². The first-order valence-electron chi connectivity index (χ1n) is 6.07. The summed E-state index contributed by atoms with van der Waals surface area (Å²) < 4.78 is 10.9. The number of aromatic nitrogens is 3. The lowest BCUT2D eigenvalue weighted by Gasteiger charge is -2.27. The number of ether oxygens (including phenoxy) is 1. The topological polar surface area (TPSA) is 90.3 Å². The van der Waals surface area contributed by atoms with Crippen LogP contribution in [0.4, 0.5) is 5.69 Å². The molecule has 0 aliphatic carbocycles. The first-order valence-corrected chi connectivity index (χ1v) is 6.07. The van der Waals surface area contributed by atoms with E-state index in [4.69, 9.17) is 15.0 Å². The number of morpholine rings is 1. The van der Waals surface area contributed by atoms with Crippen LogP contribution < -0.4 is 5.73 Å². The second kappa shape index (κ2) is 4.94. The van der Waals surface area contributed by atoms with Crippen LogP contribution in [0, 0.1) is 0 Å². The lowest BCUT2D eigenvalue weighted by atomic mass is 10.2. The summed E-state index contributed by atoms with van der Waals surface area (Å²) in [7, 11) is 2.04. The highest BCUT2D eigenvalue weighted by Crippen LogP contribution is 2.26. The number of nitrogen functional groups attached to an aromatic ring is 1. The van der Waals surface area contributed by atoms with E-state index in [1.54, 1.807) is 18.5 Å². The molecule has 3 heterocycles. The fourth-order valence-electron chi connectivity index (χ4n) is 2.01. The zero-order chi connectivity index (χ0) is 13.2. The molecule has 19 heavy (non-hydrogen) atoms. The summed E-state index contributed by atoms with van der Waals surface area (Å²) in [6.45, 7) is 2.34. The lowest BCUT2D eigenvalue weighted by molar-refractivity contribution is -0.0264. The maximum absolute atomic E-state index is 5.83. The zero-order valence-corrected chi connectivity index (χ0v) is 10.6. The number of anilines is 1.